The Hall–Kier alpha value is -1.39. The highest BCUT2D eigenvalue weighted by Gasteiger charge is 2.34. The molecule has 0 saturated carbocycles. The molecular weight excluding hydrogens is 268 g/mol. The van der Waals surface area contributed by atoms with E-state index in [4.69, 9.17) is 0 Å². The number of likely N-dealkylation sites (tertiary alicyclic amines) is 2. The molecule has 0 aliphatic carbocycles. The van der Waals surface area contributed by atoms with Crippen LogP contribution >= 0.6 is 0 Å². The van der Waals surface area contributed by atoms with Crippen molar-refractivity contribution >= 4 is 17.7 Å². The molecule has 2 fully saturated rings. The van der Waals surface area contributed by atoms with Crippen LogP contribution in [0.2, 0.25) is 0 Å². The van der Waals surface area contributed by atoms with Gasteiger partial charge in [-0.1, -0.05) is 20.3 Å². The predicted octanol–water partition coefficient (Wildman–Crippen LogP) is 1.81. The lowest BCUT2D eigenvalue weighted by molar-refractivity contribution is -0.139. The minimum Gasteiger partial charge on any atom is -0.342 e. The average Bonchev–Trinajstić information content (AvgIpc) is 2.96. The Kier molecular flexibility index (Phi) is 5.37. The maximum Gasteiger partial charge on any atom is 0.232 e. The van der Waals surface area contributed by atoms with Crippen LogP contribution in [-0.2, 0) is 14.4 Å². The molecule has 21 heavy (non-hydrogen) atoms. The summed E-state index contributed by atoms with van der Waals surface area (Å²) in [5, 5.41) is 0. The lowest BCUT2D eigenvalue weighted by Gasteiger charge is -2.16. The zero-order chi connectivity index (χ0) is 15.4. The molecule has 2 rings (SSSR count). The predicted molar refractivity (Wildman–Crippen MR) is 79.3 cm³/mol. The molecular formula is C16H26N2O3. The van der Waals surface area contributed by atoms with Gasteiger partial charge in [-0.15, -0.1) is 0 Å². The number of carbonyl (C=O) groups excluding carboxylic acids is 3. The highest BCUT2D eigenvalue weighted by atomic mass is 16.2. The van der Waals surface area contributed by atoms with Crippen LogP contribution in [-0.4, -0.2) is 47.2 Å². The van der Waals surface area contributed by atoms with Crippen molar-refractivity contribution in [1.29, 1.82) is 0 Å². The smallest absolute Gasteiger partial charge is 0.232 e. The summed E-state index contributed by atoms with van der Waals surface area (Å²) in [5.41, 5.74) is 0. The van der Waals surface area contributed by atoms with Gasteiger partial charge in [-0.2, -0.15) is 0 Å². The van der Waals surface area contributed by atoms with Gasteiger partial charge in [0, 0.05) is 38.4 Å². The third-order valence-electron chi connectivity index (χ3n) is 4.52. The number of imide groups is 1. The van der Waals surface area contributed by atoms with E-state index in [1.54, 1.807) is 6.92 Å². The highest BCUT2D eigenvalue weighted by Crippen LogP contribution is 2.20. The zero-order valence-corrected chi connectivity index (χ0v) is 13.1. The zero-order valence-electron chi connectivity index (χ0n) is 13.1. The molecule has 2 unspecified atom stereocenters. The molecule has 0 bridgehead atoms. The Bertz CT molecular complexity index is 422. The Morgan fingerprint density at radius 3 is 2.52 bits per heavy atom. The molecule has 0 radical (unpaired) electrons. The Labute approximate surface area is 126 Å². The van der Waals surface area contributed by atoms with Gasteiger partial charge >= 0.3 is 0 Å². The summed E-state index contributed by atoms with van der Waals surface area (Å²) in [6.45, 7) is 6.29. The first-order valence-corrected chi connectivity index (χ1v) is 8.11. The van der Waals surface area contributed by atoms with Gasteiger partial charge in [-0.25, -0.2) is 0 Å². The van der Waals surface area contributed by atoms with Crippen LogP contribution in [0, 0.1) is 11.8 Å². The van der Waals surface area contributed by atoms with Crippen molar-refractivity contribution in [2.45, 2.75) is 52.4 Å². The normalized spacial score (nSPS) is 26.0. The van der Waals surface area contributed by atoms with E-state index < -0.39 is 0 Å². The van der Waals surface area contributed by atoms with Gasteiger partial charge in [-0.3, -0.25) is 19.3 Å². The average molecular weight is 294 g/mol. The van der Waals surface area contributed by atoms with Gasteiger partial charge in [0.15, 0.2) is 0 Å². The summed E-state index contributed by atoms with van der Waals surface area (Å²) < 4.78 is 0. The Balaban J connectivity index is 1.59. The van der Waals surface area contributed by atoms with Crippen molar-refractivity contribution < 1.29 is 14.4 Å². The summed E-state index contributed by atoms with van der Waals surface area (Å²) in [6.07, 6.45) is 4.59. The molecule has 5 nitrogen and oxygen atoms in total. The van der Waals surface area contributed by atoms with E-state index in [2.05, 4.69) is 6.92 Å². The van der Waals surface area contributed by atoms with E-state index in [9.17, 15) is 14.4 Å². The van der Waals surface area contributed by atoms with E-state index in [1.807, 2.05) is 4.90 Å². The van der Waals surface area contributed by atoms with Crippen molar-refractivity contribution in [3.8, 4) is 0 Å². The number of hydrogen-bond acceptors (Lipinski definition) is 3. The van der Waals surface area contributed by atoms with Crippen molar-refractivity contribution in [2.75, 3.05) is 19.6 Å². The van der Waals surface area contributed by atoms with Crippen LogP contribution in [0.1, 0.15) is 52.4 Å². The molecule has 0 spiro atoms. The molecule has 0 N–H and O–H groups in total. The van der Waals surface area contributed by atoms with E-state index >= 15 is 0 Å². The van der Waals surface area contributed by atoms with E-state index in [0.29, 0.717) is 25.3 Å². The molecule has 118 valence electrons. The van der Waals surface area contributed by atoms with Crippen LogP contribution in [0.3, 0.4) is 0 Å². The van der Waals surface area contributed by atoms with Crippen LogP contribution in [0.5, 0.6) is 0 Å². The standard InChI is InChI=1S/C16H26N2O3/c1-12-7-9-17(11-12)14(19)6-4-3-5-8-18-15(20)10-13(2)16(18)21/h12-13H,3-11H2,1-2H3. The summed E-state index contributed by atoms with van der Waals surface area (Å²) in [4.78, 5) is 38.7. The fourth-order valence-corrected chi connectivity index (χ4v) is 3.13. The minimum atomic E-state index is -0.156. The van der Waals surface area contributed by atoms with Crippen LogP contribution < -0.4 is 0 Å². The molecule has 0 aromatic carbocycles. The van der Waals surface area contributed by atoms with E-state index in [-0.39, 0.29) is 23.6 Å². The lowest BCUT2D eigenvalue weighted by atomic mass is 10.1. The SMILES string of the molecule is CC1CCN(C(=O)CCCCCN2C(=O)CC(C)C2=O)C1. The van der Waals surface area contributed by atoms with Crippen molar-refractivity contribution in [1.82, 2.24) is 9.80 Å². The number of carbonyl (C=O) groups is 3. The minimum absolute atomic E-state index is 0.0397. The first kappa shape index (κ1) is 16.0. The molecule has 2 saturated heterocycles. The molecule has 2 aliphatic rings. The number of unbranched alkanes of at least 4 members (excludes halogenated alkanes) is 2. The fourth-order valence-electron chi connectivity index (χ4n) is 3.13. The second kappa shape index (κ2) is 7.05. The van der Waals surface area contributed by atoms with Crippen LogP contribution in [0.15, 0.2) is 0 Å². The van der Waals surface area contributed by atoms with Gasteiger partial charge in [0.1, 0.15) is 0 Å². The van der Waals surface area contributed by atoms with Crippen LogP contribution in [0.25, 0.3) is 0 Å². The molecule has 0 aromatic rings. The van der Waals surface area contributed by atoms with Gasteiger partial charge < -0.3 is 4.90 Å². The third kappa shape index (κ3) is 4.05. The molecule has 2 heterocycles. The van der Waals surface area contributed by atoms with Gasteiger partial charge in [0.25, 0.3) is 0 Å². The Morgan fingerprint density at radius 1 is 1.19 bits per heavy atom. The first-order valence-electron chi connectivity index (χ1n) is 8.11. The second-order valence-electron chi connectivity index (χ2n) is 6.53. The second-order valence-corrected chi connectivity index (χ2v) is 6.53. The maximum atomic E-state index is 12.0. The van der Waals surface area contributed by atoms with Gasteiger partial charge in [-0.05, 0) is 25.2 Å². The topological polar surface area (TPSA) is 57.7 Å². The summed E-state index contributed by atoms with van der Waals surface area (Å²) >= 11 is 0. The first-order chi connectivity index (χ1) is 9.99. The number of amides is 3. The van der Waals surface area contributed by atoms with Crippen molar-refractivity contribution in [2.24, 2.45) is 11.8 Å². The molecule has 5 heteroatoms. The highest BCUT2D eigenvalue weighted by molar-refractivity contribution is 6.03. The largest absolute Gasteiger partial charge is 0.342 e. The molecule has 2 aliphatic heterocycles. The van der Waals surface area contributed by atoms with Crippen LogP contribution in [0.4, 0.5) is 0 Å². The summed E-state index contributed by atoms with van der Waals surface area (Å²) in [5.74, 6) is 0.637. The summed E-state index contributed by atoms with van der Waals surface area (Å²) in [6, 6.07) is 0. The Morgan fingerprint density at radius 2 is 1.95 bits per heavy atom. The summed E-state index contributed by atoms with van der Waals surface area (Å²) in [7, 11) is 0. The lowest BCUT2D eigenvalue weighted by Crippen LogP contribution is -2.31. The van der Waals surface area contributed by atoms with E-state index in [1.165, 1.54) is 4.90 Å². The quantitative estimate of drug-likeness (QED) is 0.554. The molecule has 0 aromatic heterocycles. The van der Waals surface area contributed by atoms with Gasteiger partial charge in [0.05, 0.1) is 0 Å². The maximum absolute atomic E-state index is 12.0. The van der Waals surface area contributed by atoms with Crippen molar-refractivity contribution in [3.63, 3.8) is 0 Å². The number of hydrogen-bond donors (Lipinski definition) is 0. The van der Waals surface area contributed by atoms with E-state index in [0.717, 1.165) is 38.8 Å². The fraction of sp³-hybridized carbons (Fsp3) is 0.812. The third-order valence-corrected chi connectivity index (χ3v) is 4.52. The monoisotopic (exact) mass is 294 g/mol. The molecule has 2 atom stereocenters. The molecule has 3 amide bonds. The van der Waals surface area contributed by atoms with Crippen molar-refractivity contribution in [3.05, 3.63) is 0 Å². The number of rotatable bonds is 6. The number of nitrogens with zero attached hydrogens (tertiary/aromatic N) is 2. The van der Waals surface area contributed by atoms with Gasteiger partial charge in [0.2, 0.25) is 17.7 Å².